The molecular weight excluding hydrogens is 554 g/mol. The average molecular weight is 582 g/mol. The van der Waals surface area contributed by atoms with Crippen LogP contribution in [-0.4, -0.2) is 49.6 Å². The lowest BCUT2D eigenvalue weighted by Gasteiger charge is -2.13. The van der Waals surface area contributed by atoms with Crippen LogP contribution in [0.3, 0.4) is 0 Å². The van der Waals surface area contributed by atoms with Crippen LogP contribution in [0.2, 0.25) is 0 Å². The zero-order valence-corrected chi connectivity index (χ0v) is 23.6. The molecule has 40 heavy (non-hydrogen) atoms. The molecule has 4 aromatic rings. The molecule has 1 heterocycles. The first-order chi connectivity index (χ1) is 19.1. The number of aromatic nitrogens is 2. The fourth-order valence-corrected chi connectivity index (χ4v) is 5.14. The van der Waals surface area contributed by atoms with Crippen LogP contribution in [0.5, 0.6) is 11.5 Å². The van der Waals surface area contributed by atoms with E-state index in [1.165, 1.54) is 16.7 Å². The Hall–Kier alpha value is -4.20. The Kier molecular flexibility index (Phi) is 8.87. The minimum Gasteiger partial charge on any atom is -0.497 e. The number of carbonyl (C=O) groups is 1. The molecule has 0 unspecified atom stereocenters. The summed E-state index contributed by atoms with van der Waals surface area (Å²) in [5.74, 6) is 0.720. The standard InChI is InChI=1S/C27H27N5O6S2/c1-17(22-14-19(37-2)10-13-24(22)38-3)30-31-25(33)16-39-27-29-23-7-5-4-6-21(23)26(34)32(27)15-18-8-11-20(12-9-18)40(28,35)36/h4-14H,15-16H2,1-3H3,(H,31,33)(H2,28,35,36)/b30-17+. The second-order valence-corrected chi connectivity index (χ2v) is 11.1. The van der Waals surface area contributed by atoms with Crippen LogP contribution in [0.1, 0.15) is 18.1 Å². The molecule has 0 aliphatic carbocycles. The van der Waals surface area contributed by atoms with Crippen molar-refractivity contribution >= 4 is 44.3 Å². The molecule has 1 aromatic heterocycles. The number of rotatable bonds is 10. The molecule has 0 fully saturated rings. The van der Waals surface area contributed by atoms with Gasteiger partial charge < -0.3 is 9.47 Å². The maximum Gasteiger partial charge on any atom is 0.262 e. The summed E-state index contributed by atoms with van der Waals surface area (Å²) in [6, 6.07) is 18.1. The lowest BCUT2D eigenvalue weighted by Crippen LogP contribution is -2.26. The number of nitrogens with zero attached hydrogens (tertiary/aromatic N) is 3. The third kappa shape index (κ3) is 6.68. The fraction of sp³-hybridized carbons (Fsp3) is 0.185. The van der Waals surface area contributed by atoms with Gasteiger partial charge in [-0.3, -0.25) is 14.2 Å². The second-order valence-electron chi connectivity index (χ2n) is 8.58. The Morgan fingerprint density at radius 3 is 2.48 bits per heavy atom. The number of sulfonamides is 1. The lowest BCUT2D eigenvalue weighted by molar-refractivity contribution is -0.118. The van der Waals surface area contributed by atoms with Crippen molar-refractivity contribution in [1.29, 1.82) is 0 Å². The molecule has 0 atom stereocenters. The Balaban J connectivity index is 1.56. The molecule has 0 aliphatic rings. The number of hydrazone groups is 1. The highest BCUT2D eigenvalue weighted by Crippen LogP contribution is 2.25. The van der Waals surface area contributed by atoms with Crippen molar-refractivity contribution in [3.8, 4) is 11.5 Å². The van der Waals surface area contributed by atoms with Gasteiger partial charge in [0, 0.05) is 5.56 Å². The van der Waals surface area contributed by atoms with Crippen LogP contribution in [0, 0.1) is 0 Å². The number of benzene rings is 3. The maximum atomic E-state index is 13.4. The molecule has 11 nitrogen and oxygen atoms in total. The van der Waals surface area contributed by atoms with E-state index in [1.807, 2.05) is 0 Å². The van der Waals surface area contributed by atoms with Crippen molar-refractivity contribution in [3.05, 3.63) is 88.2 Å². The zero-order valence-electron chi connectivity index (χ0n) is 22.0. The van der Waals surface area contributed by atoms with Gasteiger partial charge in [-0.05, 0) is 55.0 Å². The maximum absolute atomic E-state index is 13.4. The summed E-state index contributed by atoms with van der Waals surface area (Å²) < 4.78 is 35.3. The Morgan fingerprint density at radius 1 is 1.07 bits per heavy atom. The zero-order chi connectivity index (χ0) is 28.9. The van der Waals surface area contributed by atoms with E-state index in [-0.39, 0.29) is 22.8 Å². The van der Waals surface area contributed by atoms with Gasteiger partial charge in [-0.1, -0.05) is 36.0 Å². The van der Waals surface area contributed by atoms with Crippen molar-refractivity contribution in [1.82, 2.24) is 15.0 Å². The van der Waals surface area contributed by atoms with Gasteiger partial charge in [0.15, 0.2) is 5.16 Å². The minimum atomic E-state index is -3.85. The average Bonchev–Trinajstić information content (AvgIpc) is 2.95. The van der Waals surface area contributed by atoms with Crippen LogP contribution in [0.4, 0.5) is 0 Å². The van der Waals surface area contributed by atoms with Crippen molar-refractivity contribution in [2.75, 3.05) is 20.0 Å². The number of carbonyl (C=O) groups excluding carboxylic acids is 1. The minimum absolute atomic E-state index is 0.0334. The van der Waals surface area contributed by atoms with Crippen molar-refractivity contribution in [2.24, 2.45) is 10.2 Å². The summed E-state index contributed by atoms with van der Waals surface area (Å²) in [4.78, 5) is 30.6. The highest BCUT2D eigenvalue weighted by Gasteiger charge is 2.15. The van der Waals surface area contributed by atoms with E-state index in [4.69, 9.17) is 14.6 Å². The number of ether oxygens (including phenoxy) is 2. The van der Waals surface area contributed by atoms with Gasteiger partial charge >= 0.3 is 0 Å². The van der Waals surface area contributed by atoms with Crippen molar-refractivity contribution < 1.29 is 22.7 Å². The smallest absolute Gasteiger partial charge is 0.262 e. The number of methoxy groups -OCH3 is 2. The number of para-hydroxylation sites is 1. The molecule has 0 spiro atoms. The van der Waals surface area contributed by atoms with Gasteiger partial charge in [0.2, 0.25) is 10.0 Å². The Morgan fingerprint density at radius 2 is 1.80 bits per heavy atom. The molecule has 1 amide bonds. The number of thioether (sulfide) groups is 1. The van der Waals surface area contributed by atoms with Crippen molar-refractivity contribution in [2.45, 2.75) is 23.5 Å². The number of amides is 1. The largest absolute Gasteiger partial charge is 0.497 e. The summed E-state index contributed by atoms with van der Waals surface area (Å²) in [6.45, 7) is 1.84. The molecule has 13 heteroatoms. The molecule has 0 saturated heterocycles. The van der Waals surface area contributed by atoms with Gasteiger partial charge in [-0.2, -0.15) is 5.10 Å². The highest BCUT2D eigenvalue weighted by atomic mass is 32.2. The Labute approximate surface area is 235 Å². The molecule has 208 valence electrons. The van der Waals surface area contributed by atoms with Gasteiger partial charge in [0.05, 0.1) is 48.0 Å². The number of nitrogens with two attached hydrogens (primary N) is 1. The molecule has 3 N–H and O–H groups in total. The third-order valence-corrected chi connectivity index (χ3v) is 7.80. The molecular formula is C27H27N5O6S2. The predicted octanol–water partition coefficient (Wildman–Crippen LogP) is 2.74. The number of fused-ring (bicyclic) bond motifs is 1. The number of hydrogen-bond donors (Lipinski definition) is 2. The summed E-state index contributed by atoms with van der Waals surface area (Å²) in [5, 5.41) is 10.1. The lowest BCUT2D eigenvalue weighted by atomic mass is 10.1. The van der Waals surface area contributed by atoms with Crippen LogP contribution in [-0.2, 0) is 21.4 Å². The fourth-order valence-electron chi connectivity index (χ4n) is 3.83. The molecule has 4 rings (SSSR count). The van der Waals surface area contributed by atoms with E-state index in [2.05, 4.69) is 15.5 Å². The van der Waals surface area contributed by atoms with E-state index < -0.39 is 15.9 Å². The summed E-state index contributed by atoms with van der Waals surface area (Å²) in [7, 11) is -0.753. The van der Waals surface area contributed by atoms with Crippen LogP contribution >= 0.6 is 11.8 Å². The first kappa shape index (κ1) is 28.8. The molecule has 0 saturated carbocycles. The predicted molar refractivity (Wildman–Crippen MR) is 154 cm³/mol. The van der Waals surface area contributed by atoms with Gasteiger partial charge in [-0.15, -0.1) is 0 Å². The van der Waals surface area contributed by atoms with E-state index in [1.54, 1.807) is 75.7 Å². The second kappa shape index (κ2) is 12.3. The van der Waals surface area contributed by atoms with E-state index in [0.29, 0.717) is 44.4 Å². The molecule has 0 bridgehead atoms. The topological polar surface area (TPSA) is 155 Å². The summed E-state index contributed by atoms with van der Waals surface area (Å²) >= 11 is 1.08. The number of hydrogen-bond acceptors (Lipinski definition) is 9. The van der Waals surface area contributed by atoms with Crippen LogP contribution in [0.15, 0.2) is 86.7 Å². The van der Waals surface area contributed by atoms with Crippen molar-refractivity contribution in [3.63, 3.8) is 0 Å². The Bertz CT molecular complexity index is 1750. The first-order valence-electron chi connectivity index (χ1n) is 11.9. The molecule has 3 aromatic carbocycles. The van der Waals surface area contributed by atoms with Gasteiger partial charge in [0.25, 0.3) is 11.5 Å². The normalized spacial score (nSPS) is 11.8. The van der Waals surface area contributed by atoms with Gasteiger partial charge in [0.1, 0.15) is 11.5 Å². The van der Waals surface area contributed by atoms with E-state index in [9.17, 15) is 18.0 Å². The third-order valence-electron chi connectivity index (χ3n) is 5.90. The van der Waals surface area contributed by atoms with Gasteiger partial charge in [-0.25, -0.2) is 24.0 Å². The van der Waals surface area contributed by atoms with E-state index >= 15 is 0 Å². The molecule has 0 radical (unpaired) electrons. The number of nitrogens with one attached hydrogen (secondary N) is 1. The highest BCUT2D eigenvalue weighted by molar-refractivity contribution is 7.99. The monoisotopic (exact) mass is 581 g/mol. The van der Waals surface area contributed by atoms with Crippen LogP contribution < -0.4 is 25.6 Å². The SMILES string of the molecule is COc1ccc(OC)c(/C(C)=N/NC(=O)CSc2nc3ccccc3c(=O)n2Cc2ccc(S(N)(=O)=O)cc2)c1. The number of primary sulfonamides is 1. The van der Waals surface area contributed by atoms with Crippen LogP contribution in [0.25, 0.3) is 10.9 Å². The first-order valence-corrected chi connectivity index (χ1v) is 14.4. The molecule has 0 aliphatic heterocycles. The quantitative estimate of drug-likeness (QED) is 0.125. The summed E-state index contributed by atoms with van der Waals surface area (Å²) in [5.41, 5.74) is 4.57. The summed E-state index contributed by atoms with van der Waals surface area (Å²) in [6.07, 6.45) is 0. The van der Waals surface area contributed by atoms with E-state index in [0.717, 1.165) is 11.8 Å².